The molecule has 4 nitrogen and oxygen atoms in total. The normalized spacial score (nSPS) is 10.2. The van der Waals surface area contributed by atoms with Gasteiger partial charge in [0.1, 0.15) is 0 Å². The first-order valence-electron chi connectivity index (χ1n) is 6.05. The van der Waals surface area contributed by atoms with Crippen molar-refractivity contribution >= 4 is 5.91 Å². The van der Waals surface area contributed by atoms with Gasteiger partial charge in [-0.25, -0.2) is 0 Å². The van der Waals surface area contributed by atoms with E-state index >= 15 is 0 Å². The molecule has 0 unspecified atom stereocenters. The average molecular weight is 236 g/mol. The highest BCUT2D eigenvalue weighted by Crippen LogP contribution is 2.04. The van der Waals surface area contributed by atoms with Crippen molar-refractivity contribution in [2.24, 2.45) is 0 Å². The first kappa shape index (κ1) is 13.6. The van der Waals surface area contributed by atoms with Gasteiger partial charge in [0.2, 0.25) is 5.91 Å². The van der Waals surface area contributed by atoms with Gasteiger partial charge in [-0.15, -0.1) is 0 Å². The zero-order valence-electron chi connectivity index (χ0n) is 10.3. The lowest BCUT2D eigenvalue weighted by Crippen LogP contribution is -2.34. The smallest absolute Gasteiger partial charge is 0.222 e. The highest BCUT2D eigenvalue weighted by Gasteiger charge is 2.11. The molecule has 1 aromatic rings. The van der Waals surface area contributed by atoms with Crippen LogP contribution in [0.5, 0.6) is 0 Å². The Hall–Kier alpha value is -1.42. The number of aromatic nitrogens is 1. The highest BCUT2D eigenvalue weighted by atomic mass is 16.3. The van der Waals surface area contributed by atoms with E-state index < -0.39 is 0 Å². The average Bonchev–Trinajstić information content (AvgIpc) is 2.37. The van der Waals surface area contributed by atoms with Gasteiger partial charge in [0.25, 0.3) is 0 Å². The Labute approximate surface area is 102 Å². The molecule has 0 saturated heterocycles. The fourth-order valence-corrected chi connectivity index (χ4v) is 1.71. The molecular weight excluding hydrogens is 216 g/mol. The lowest BCUT2D eigenvalue weighted by atomic mass is 10.1. The van der Waals surface area contributed by atoms with Crippen molar-refractivity contribution in [2.75, 3.05) is 19.7 Å². The monoisotopic (exact) mass is 236 g/mol. The van der Waals surface area contributed by atoms with Gasteiger partial charge in [0.05, 0.1) is 6.61 Å². The van der Waals surface area contributed by atoms with E-state index in [9.17, 15) is 4.79 Å². The van der Waals surface area contributed by atoms with Crippen molar-refractivity contribution in [2.45, 2.75) is 26.2 Å². The minimum Gasteiger partial charge on any atom is -0.395 e. The fourth-order valence-electron chi connectivity index (χ4n) is 1.71. The minimum absolute atomic E-state index is 0.0288. The van der Waals surface area contributed by atoms with Crippen LogP contribution in [-0.2, 0) is 11.2 Å². The molecule has 17 heavy (non-hydrogen) atoms. The Bertz CT molecular complexity index is 321. The van der Waals surface area contributed by atoms with Crippen LogP contribution in [-0.4, -0.2) is 40.6 Å². The molecule has 1 heterocycles. The van der Waals surface area contributed by atoms with Crippen LogP contribution in [0, 0.1) is 0 Å². The summed E-state index contributed by atoms with van der Waals surface area (Å²) in [5.41, 5.74) is 1.12. The van der Waals surface area contributed by atoms with Crippen LogP contribution in [0.4, 0.5) is 0 Å². The van der Waals surface area contributed by atoms with Crippen molar-refractivity contribution in [3.05, 3.63) is 30.1 Å². The molecule has 1 aromatic heterocycles. The lowest BCUT2D eigenvalue weighted by molar-refractivity contribution is -0.131. The third kappa shape index (κ3) is 4.95. The number of aliphatic hydroxyl groups excluding tert-OH is 1. The van der Waals surface area contributed by atoms with Gasteiger partial charge in [0.15, 0.2) is 0 Å². The van der Waals surface area contributed by atoms with Crippen LogP contribution in [0.2, 0.25) is 0 Å². The Balaban J connectivity index is 2.41. The summed E-state index contributed by atoms with van der Waals surface area (Å²) in [6, 6.07) is 3.84. The molecule has 0 saturated carbocycles. The van der Waals surface area contributed by atoms with E-state index in [1.807, 2.05) is 19.1 Å². The molecule has 0 aliphatic heterocycles. The Morgan fingerprint density at radius 2 is 2.06 bits per heavy atom. The van der Waals surface area contributed by atoms with E-state index in [0.29, 0.717) is 13.0 Å². The van der Waals surface area contributed by atoms with Gasteiger partial charge in [-0.1, -0.05) is 6.92 Å². The zero-order valence-corrected chi connectivity index (χ0v) is 10.3. The van der Waals surface area contributed by atoms with Crippen LogP contribution >= 0.6 is 0 Å². The molecule has 1 N–H and O–H groups in total. The number of rotatable bonds is 7. The molecule has 0 atom stereocenters. The first-order valence-corrected chi connectivity index (χ1v) is 6.05. The maximum Gasteiger partial charge on any atom is 0.222 e. The van der Waals surface area contributed by atoms with Gasteiger partial charge < -0.3 is 10.0 Å². The molecule has 0 aliphatic rings. The molecule has 0 aliphatic carbocycles. The number of aryl methyl sites for hydroxylation is 1. The lowest BCUT2D eigenvalue weighted by Gasteiger charge is -2.20. The number of amides is 1. The van der Waals surface area contributed by atoms with Crippen molar-refractivity contribution < 1.29 is 9.90 Å². The van der Waals surface area contributed by atoms with Crippen LogP contribution in [0.25, 0.3) is 0 Å². The van der Waals surface area contributed by atoms with E-state index in [2.05, 4.69) is 4.98 Å². The number of aliphatic hydroxyl groups is 1. The molecular formula is C13H20N2O2. The Kier molecular flexibility index (Phi) is 6.25. The second-order valence-electron chi connectivity index (χ2n) is 3.96. The largest absolute Gasteiger partial charge is 0.395 e. The Morgan fingerprint density at radius 3 is 2.65 bits per heavy atom. The summed E-state index contributed by atoms with van der Waals surface area (Å²) >= 11 is 0. The summed E-state index contributed by atoms with van der Waals surface area (Å²) in [6.45, 7) is 3.21. The number of hydrogen-bond donors (Lipinski definition) is 1. The number of nitrogens with zero attached hydrogens (tertiary/aromatic N) is 2. The van der Waals surface area contributed by atoms with E-state index in [1.165, 1.54) is 0 Å². The SMILES string of the molecule is CCCN(CCO)C(=O)CCc1ccncc1. The summed E-state index contributed by atoms with van der Waals surface area (Å²) in [5.74, 6) is 0.109. The third-order valence-corrected chi connectivity index (χ3v) is 2.59. The molecule has 1 rings (SSSR count). The molecule has 0 aromatic carbocycles. The molecule has 94 valence electrons. The number of pyridine rings is 1. The number of carbonyl (C=O) groups excluding carboxylic acids is 1. The summed E-state index contributed by atoms with van der Waals surface area (Å²) in [7, 11) is 0. The number of hydrogen-bond acceptors (Lipinski definition) is 3. The quantitative estimate of drug-likeness (QED) is 0.775. The van der Waals surface area contributed by atoms with E-state index in [1.54, 1.807) is 17.3 Å². The van der Waals surface area contributed by atoms with Crippen LogP contribution in [0.3, 0.4) is 0 Å². The van der Waals surface area contributed by atoms with Crippen molar-refractivity contribution in [3.8, 4) is 0 Å². The van der Waals surface area contributed by atoms with E-state index in [0.717, 1.165) is 24.9 Å². The summed E-state index contributed by atoms with van der Waals surface area (Å²) < 4.78 is 0. The van der Waals surface area contributed by atoms with Crippen molar-refractivity contribution in [1.82, 2.24) is 9.88 Å². The van der Waals surface area contributed by atoms with Gasteiger partial charge in [-0.05, 0) is 30.5 Å². The van der Waals surface area contributed by atoms with E-state index in [4.69, 9.17) is 5.11 Å². The first-order chi connectivity index (χ1) is 8.27. The van der Waals surface area contributed by atoms with Crippen molar-refractivity contribution in [1.29, 1.82) is 0 Å². The van der Waals surface area contributed by atoms with Crippen LogP contribution in [0.1, 0.15) is 25.3 Å². The van der Waals surface area contributed by atoms with Gasteiger partial charge >= 0.3 is 0 Å². The van der Waals surface area contributed by atoms with Crippen LogP contribution in [0.15, 0.2) is 24.5 Å². The summed E-state index contributed by atoms with van der Waals surface area (Å²) in [6.07, 6.45) is 5.60. The number of carbonyl (C=O) groups is 1. The maximum absolute atomic E-state index is 11.9. The minimum atomic E-state index is 0.0288. The molecule has 0 bridgehead atoms. The van der Waals surface area contributed by atoms with Gasteiger partial charge in [-0.3, -0.25) is 9.78 Å². The van der Waals surface area contributed by atoms with Gasteiger partial charge in [0, 0.05) is 31.9 Å². The second-order valence-corrected chi connectivity index (χ2v) is 3.96. The van der Waals surface area contributed by atoms with Gasteiger partial charge in [-0.2, -0.15) is 0 Å². The summed E-state index contributed by atoms with van der Waals surface area (Å²) in [5, 5.41) is 8.90. The summed E-state index contributed by atoms with van der Waals surface area (Å²) in [4.78, 5) is 17.6. The zero-order chi connectivity index (χ0) is 12.5. The molecule has 1 amide bonds. The predicted molar refractivity (Wildman–Crippen MR) is 66.5 cm³/mol. The van der Waals surface area contributed by atoms with E-state index in [-0.39, 0.29) is 12.5 Å². The van der Waals surface area contributed by atoms with Crippen molar-refractivity contribution in [3.63, 3.8) is 0 Å². The fraction of sp³-hybridized carbons (Fsp3) is 0.538. The Morgan fingerprint density at radius 1 is 1.35 bits per heavy atom. The second kappa shape index (κ2) is 7.79. The molecule has 0 fully saturated rings. The third-order valence-electron chi connectivity index (χ3n) is 2.59. The molecule has 0 spiro atoms. The molecule has 0 radical (unpaired) electrons. The topological polar surface area (TPSA) is 53.4 Å². The highest BCUT2D eigenvalue weighted by molar-refractivity contribution is 5.76. The maximum atomic E-state index is 11.9. The standard InChI is InChI=1S/C13H20N2O2/c1-2-9-15(10-11-16)13(17)4-3-12-5-7-14-8-6-12/h5-8,16H,2-4,9-11H2,1H3. The van der Waals surface area contributed by atoms with Crippen LogP contribution < -0.4 is 0 Å². The molecule has 4 heteroatoms. The predicted octanol–water partition coefficient (Wildman–Crippen LogP) is 1.25.